The molecule has 1 atom stereocenters. The van der Waals surface area contributed by atoms with Gasteiger partial charge in [0.25, 0.3) is 18.2 Å². The molecule has 146 valence electrons. The minimum absolute atomic E-state index is 0.0435. The van der Waals surface area contributed by atoms with Crippen LogP contribution in [0.15, 0.2) is 35.0 Å². The van der Waals surface area contributed by atoms with E-state index in [1.54, 1.807) is 18.2 Å². The maximum absolute atomic E-state index is 12.4. The van der Waals surface area contributed by atoms with Crippen LogP contribution in [0.25, 0.3) is 0 Å². The zero-order valence-corrected chi connectivity index (χ0v) is 14.1. The number of hydrogen-bond acceptors (Lipinski definition) is 7. The molecule has 2 aromatic rings. The fourth-order valence-corrected chi connectivity index (χ4v) is 1.89. The van der Waals surface area contributed by atoms with Crippen molar-refractivity contribution in [1.29, 1.82) is 0 Å². The number of nitrogens with one attached hydrogen (secondary N) is 2. The number of ether oxygens (including phenoxy) is 1. The van der Waals surface area contributed by atoms with Gasteiger partial charge in [-0.25, -0.2) is 13.8 Å². The molecule has 3 N–H and O–H groups in total. The maximum Gasteiger partial charge on any atom is 0.289 e. The number of aromatic nitrogens is 2. The second-order valence-electron chi connectivity index (χ2n) is 5.38. The van der Waals surface area contributed by atoms with E-state index in [2.05, 4.69) is 25.3 Å². The van der Waals surface area contributed by atoms with Crippen LogP contribution in [0.2, 0.25) is 0 Å². The molecular weight excluding hydrogens is 366 g/mol. The lowest BCUT2D eigenvalue weighted by atomic mass is 10.2. The highest BCUT2D eigenvalue weighted by Gasteiger charge is 2.18. The van der Waals surface area contributed by atoms with Gasteiger partial charge in [0.05, 0.1) is 6.10 Å². The summed E-state index contributed by atoms with van der Waals surface area (Å²) in [5, 5.41) is 17.7. The van der Waals surface area contributed by atoms with Gasteiger partial charge < -0.3 is 25.0 Å². The number of rotatable bonds is 10. The maximum atomic E-state index is 12.4. The number of pyridine rings is 1. The van der Waals surface area contributed by atoms with Gasteiger partial charge >= 0.3 is 0 Å². The SMILES string of the molecule is O=C(COc1ccccn1)NC[C@@H](O)CCNC(=O)c1cc(C(F)F)no1. The van der Waals surface area contributed by atoms with Gasteiger partial charge in [-0.2, -0.15) is 0 Å². The van der Waals surface area contributed by atoms with Crippen molar-refractivity contribution in [3.05, 3.63) is 41.9 Å². The summed E-state index contributed by atoms with van der Waals surface area (Å²) in [6.07, 6.45) is -2.10. The van der Waals surface area contributed by atoms with E-state index < -0.39 is 30.0 Å². The van der Waals surface area contributed by atoms with Crippen molar-refractivity contribution in [2.24, 2.45) is 0 Å². The lowest BCUT2D eigenvalue weighted by Crippen LogP contribution is -2.37. The molecule has 27 heavy (non-hydrogen) atoms. The van der Waals surface area contributed by atoms with Gasteiger partial charge in [-0.15, -0.1) is 0 Å². The standard InChI is InChI=1S/C16H18F2N4O5/c17-15(18)11-7-12(27-22-11)16(25)20-6-4-10(23)8-21-13(24)9-26-14-3-1-2-5-19-14/h1-3,5,7,10,15,23H,4,6,8-9H2,(H,20,25)(H,21,24)/t10-/m0/s1. The monoisotopic (exact) mass is 384 g/mol. The highest BCUT2D eigenvalue weighted by molar-refractivity contribution is 5.91. The number of nitrogens with zero attached hydrogens (tertiary/aromatic N) is 2. The molecule has 0 aliphatic rings. The zero-order chi connectivity index (χ0) is 19.6. The van der Waals surface area contributed by atoms with Crippen LogP contribution in [0.5, 0.6) is 5.88 Å². The van der Waals surface area contributed by atoms with Crippen molar-refractivity contribution >= 4 is 11.8 Å². The summed E-state index contributed by atoms with van der Waals surface area (Å²) < 4.78 is 34.4. The Labute approximate surface area is 152 Å². The minimum Gasteiger partial charge on any atom is -0.468 e. The summed E-state index contributed by atoms with van der Waals surface area (Å²) in [4.78, 5) is 27.2. The van der Waals surface area contributed by atoms with E-state index in [0.29, 0.717) is 5.88 Å². The predicted molar refractivity (Wildman–Crippen MR) is 87.2 cm³/mol. The van der Waals surface area contributed by atoms with Gasteiger partial charge in [0.15, 0.2) is 12.3 Å². The number of carbonyl (C=O) groups is 2. The van der Waals surface area contributed by atoms with Crippen molar-refractivity contribution < 1.29 is 32.7 Å². The number of halogens is 2. The molecule has 2 heterocycles. The van der Waals surface area contributed by atoms with Crippen LogP contribution < -0.4 is 15.4 Å². The second kappa shape index (κ2) is 10.2. The lowest BCUT2D eigenvalue weighted by Gasteiger charge is -2.12. The summed E-state index contributed by atoms with van der Waals surface area (Å²) in [6, 6.07) is 5.87. The van der Waals surface area contributed by atoms with E-state index in [4.69, 9.17) is 4.74 Å². The smallest absolute Gasteiger partial charge is 0.289 e. The van der Waals surface area contributed by atoms with Crippen molar-refractivity contribution in [3.63, 3.8) is 0 Å². The molecule has 0 radical (unpaired) electrons. The highest BCUT2D eigenvalue weighted by Crippen LogP contribution is 2.17. The Bertz CT molecular complexity index is 741. The fraction of sp³-hybridized carbons (Fsp3) is 0.375. The Balaban J connectivity index is 1.60. The molecule has 0 saturated carbocycles. The van der Waals surface area contributed by atoms with E-state index in [0.717, 1.165) is 6.07 Å². The van der Waals surface area contributed by atoms with Crippen molar-refractivity contribution in [3.8, 4) is 5.88 Å². The first kappa shape index (κ1) is 20.2. The lowest BCUT2D eigenvalue weighted by molar-refractivity contribution is -0.123. The molecule has 0 aliphatic heterocycles. The van der Waals surface area contributed by atoms with Gasteiger partial charge in [-0.05, 0) is 12.5 Å². The Morgan fingerprint density at radius 1 is 1.30 bits per heavy atom. The average molecular weight is 384 g/mol. The molecule has 9 nitrogen and oxygen atoms in total. The topological polar surface area (TPSA) is 127 Å². The summed E-state index contributed by atoms with van der Waals surface area (Å²) in [7, 11) is 0. The number of amides is 2. The second-order valence-corrected chi connectivity index (χ2v) is 5.38. The predicted octanol–water partition coefficient (Wildman–Crippen LogP) is 0.683. The number of aliphatic hydroxyl groups excluding tert-OH is 1. The first-order chi connectivity index (χ1) is 13.0. The molecule has 11 heteroatoms. The molecular formula is C16H18F2N4O5. The molecule has 0 bridgehead atoms. The van der Waals surface area contributed by atoms with Crippen LogP contribution in [0, 0.1) is 0 Å². The third-order valence-corrected chi connectivity index (χ3v) is 3.26. The molecule has 2 aromatic heterocycles. The summed E-state index contributed by atoms with van der Waals surface area (Å²) >= 11 is 0. The largest absolute Gasteiger partial charge is 0.468 e. The Morgan fingerprint density at radius 3 is 2.78 bits per heavy atom. The van der Waals surface area contributed by atoms with Gasteiger partial charge in [-0.3, -0.25) is 9.59 Å². The third kappa shape index (κ3) is 6.98. The van der Waals surface area contributed by atoms with Crippen LogP contribution in [0.3, 0.4) is 0 Å². The summed E-state index contributed by atoms with van der Waals surface area (Å²) in [6.45, 7) is -0.248. The third-order valence-electron chi connectivity index (χ3n) is 3.26. The molecule has 0 aromatic carbocycles. The number of aliphatic hydroxyl groups is 1. The van der Waals surface area contributed by atoms with Crippen LogP contribution in [-0.4, -0.2) is 52.9 Å². The van der Waals surface area contributed by atoms with E-state index in [9.17, 15) is 23.5 Å². The van der Waals surface area contributed by atoms with Crippen molar-refractivity contribution in [2.45, 2.75) is 19.0 Å². The average Bonchev–Trinajstić information content (AvgIpc) is 3.16. The first-order valence-corrected chi connectivity index (χ1v) is 7.97. The summed E-state index contributed by atoms with van der Waals surface area (Å²) in [5.74, 6) is -1.21. The van der Waals surface area contributed by atoms with E-state index >= 15 is 0 Å². The normalized spacial score (nSPS) is 11.9. The van der Waals surface area contributed by atoms with Gasteiger partial charge in [0, 0.05) is 31.4 Å². The molecule has 0 spiro atoms. The van der Waals surface area contributed by atoms with Gasteiger partial charge in [-0.1, -0.05) is 11.2 Å². The molecule has 2 rings (SSSR count). The number of alkyl halides is 2. The van der Waals surface area contributed by atoms with Gasteiger partial charge in [0.1, 0.15) is 0 Å². The Hall–Kier alpha value is -3.08. The van der Waals surface area contributed by atoms with Crippen LogP contribution in [-0.2, 0) is 4.79 Å². The van der Waals surface area contributed by atoms with Crippen molar-refractivity contribution in [2.75, 3.05) is 19.7 Å². The van der Waals surface area contributed by atoms with Crippen LogP contribution in [0.1, 0.15) is 29.1 Å². The Morgan fingerprint density at radius 2 is 2.11 bits per heavy atom. The van der Waals surface area contributed by atoms with Gasteiger partial charge in [0.2, 0.25) is 11.6 Å². The number of carbonyl (C=O) groups excluding carboxylic acids is 2. The zero-order valence-electron chi connectivity index (χ0n) is 14.1. The molecule has 0 fully saturated rings. The fourth-order valence-electron chi connectivity index (χ4n) is 1.89. The minimum atomic E-state index is -2.83. The van der Waals surface area contributed by atoms with E-state index in [1.165, 1.54) is 6.20 Å². The van der Waals surface area contributed by atoms with E-state index in [-0.39, 0.29) is 31.9 Å². The highest BCUT2D eigenvalue weighted by atomic mass is 19.3. The van der Waals surface area contributed by atoms with Crippen molar-refractivity contribution in [1.82, 2.24) is 20.8 Å². The quantitative estimate of drug-likeness (QED) is 0.550. The van der Waals surface area contributed by atoms with E-state index in [1.807, 2.05) is 0 Å². The molecule has 0 saturated heterocycles. The molecule has 0 aliphatic carbocycles. The van der Waals surface area contributed by atoms with Crippen LogP contribution >= 0.6 is 0 Å². The van der Waals surface area contributed by atoms with Crippen LogP contribution in [0.4, 0.5) is 8.78 Å². The number of hydrogen-bond donors (Lipinski definition) is 3. The molecule has 0 unspecified atom stereocenters. The first-order valence-electron chi connectivity index (χ1n) is 7.97. The summed E-state index contributed by atoms with van der Waals surface area (Å²) in [5.41, 5.74) is -0.629. The molecule has 2 amide bonds. The Kier molecular flexibility index (Phi) is 7.62.